The summed E-state index contributed by atoms with van der Waals surface area (Å²) in [4.78, 5) is 8.79. The van der Waals surface area contributed by atoms with Gasteiger partial charge in [-0.15, -0.1) is 0 Å². The number of nitrogens with one attached hydrogen (secondary N) is 2. The second kappa shape index (κ2) is 4.06. The van der Waals surface area contributed by atoms with Crippen molar-refractivity contribution in [2.45, 2.75) is 0 Å². The lowest BCUT2D eigenvalue weighted by Crippen LogP contribution is -1.98. The number of anilines is 1. The fourth-order valence-electron chi connectivity index (χ4n) is 2.23. The van der Waals surface area contributed by atoms with Gasteiger partial charge < -0.3 is 9.73 Å². The van der Waals surface area contributed by atoms with Crippen LogP contribution in [0.15, 0.2) is 40.9 Å². The highest BCUT2D eigenvalue weighted by molar-refractivity contribution is 5.92. The van der Waals surface area contributed by atoms with Crippen LogP contribution < -0.4 is 5.32 Å². The van der Waals surface area contributed by atoms with E-state index in [-0.39, 0.29) is 0 Å². The van der Waals surface area contributed by atoms with Gasteiger partial charge in [-0.3, -0.25) is 5.10 Å². The summed E-state index contributed by atoms with van der Waals surface area (Å²) in [6.07, 6.45) is 1.71. The Morgan fingerprint density at radius 2 is 2.10 bits per heavy atom. The Morgan fingerprint density at radius 1 is 1.20 bits per heavy atom. The van der Waals surface area contributed by atoms with Gasteiger partial charge in [-0.1, -0.05) is 18.2 Å². The molecule has 0 saturated heterocycles. The van der Waals surface area contributed by atoms with E-state index in [1.54, 1.807) is 13.2 Å². The minimum atomic E-state index is 0.525. The Kier molecular flexibility index (Phi) is 2.23. The first kappa shape index (κ1) is 11.0. The number of H-pyrrole nitrogens is 1. The van der Waals surface area contributed by atoms with E-state index in [4.69, 9.17) is 4.42 Å². The predicted octanol–water partition coefficient (Wildman–Crippen LogP) is 2.81. The van der Waals surface area contributed by atoms with Crippen LogP contribution in [0.25, 0.3) is 33.5 Å². The summed E-state index contributed by atoms with van der Waals surface area (Å²) in [5, 5.41) is 11.7. The molecule has 0 radical (unpaired) electrons. The third-order valence-electron chi connectivity index (χ3n) is 3.19. The normalized spacial score (nSPS) is 11.2. The Balaban J connectivity index is 2.02. The number of fused-ring (bicyclic) bond motifs is 2. The Hall–Kier alpha value is -2.89. The van der Waals surface area contributed by atoms with Crippen molar-refractivity contribution >= 4 is 28.0 Å². The Labute approximate surface area is 113 Å². The number of para-hydroxylation sites is 1. The number of benzene rings is 1. The van der Waals surface area contributed by atoms with Crippen molar-refractivity contribution in [2.24, 2.45) is 0 Å². The molecule has 0 atom stereocenters. The van der Waals surface area contributed by atoms with Gasteiger partial charge in [0.05, 0.1) is 11.6 Å². The highest BCUT2D eigenvalue weighted by Crippen LogP contribution is 2.31. The summed E-state index contributed by atoms with van der Waals surface area (Å²) in [7, 11) is 1.78. The zero-order chi connectivity index (χ0) is 13.5. The molecule has 6 heteroatoms. The molecule has 6 nitrogen and oxygen atoms in total. The van der Waals surface area contributed by atoms with Crippen LogP contribution in [0.1, 0.15) is 0 Å². The maximum absolute atomic E-state index is 5.87. The molecule has 4 rings (SSSR count). The van der Waals surface area contributed by atoms with Crippen LogP contribution in [0.3, 0.4) is 0 Å². The summed E-state index contributed by atoms with van der Waals surface area (Å²) < 4.78 is 5.87. The maximum atomic E-state index is 5.87. The fourth-order valence-corrected chi connectivity index (χ4v) is 2.23. The molecule has 3 aromatic heterocycles. The molecule has 20 heavy (non-hydrogen) atoms. The largest absolute Gasteiger partial charge is 0.454 e. The number of hydrogen-bond acceptors (Lipinski definition) is 5. The molecule has 0 spiro atoms. The number of aromatic nitrogens is 4. The number of furan rings is 1. The lowest BCUT2D eigenvalue weighted by Gasteiger charge is -2.02. The van der Waals surface area contributed by atoms with Gasteiger partial charge in [0.25, 0.3) is 0 Å². The molecule has 0 aliphatic rings. The van der Waals surface area contributed by atoms with Crippen molar-refractivity contribution in [3.05, 3.63) is 36.5 Å². The van der Waals surface area contributed by atoms with Crippen molar-refractivity contribution in [1.82, 2.24) is 20.2 Å². The minimum Gasteiger partial charge on any atom is -0.454 e. The second-order valence-corrected chi connectivity index (χ2v) is 4.43. The average molecular weight is 265 g/mol. The van der Waals surface area contributed by atoms with Crippen molar-refractivity contribution in [2.75, 3.05) is 12.4 Å². The van der Waals surface area contributed by atoms with Crippen molar-refractivity contribution in [3.8, 4) is 11.5 Å². The molecule has 4 aromatic rings. The molecule has 3 heterocycles. The van der Waals surface area contributed by atoms with Gasteiger partial charge in [0, 0.05) is 12.4 Å². The number of hydrogen-bond donors (Lipinski definition) is 2. The predicted molar refractivity (Wildman–Crippen MR) is 76.4 cm³/mol. The summed E-state index contributed by atoms with van der Waals surface area (Å²) in [6, 6.07) is 9.85. The van der Waals surface area contributed by atoms with Crippen LogP contribution in [0.5, 0.6) is 0 Å². The average Bonchev–Trinajstić information content (AvgIpc) is 3.12. The molecule has 1 aromatic carbocycles. The van der Waals surface area contributed by atoms with Gasteiger partial charge in [-0.05, 0) is 12.1 Å². The zero-order valence-electron chi connectivity index (χ0n) is 10.7. The van der Waals surface area contributed by atoms with E-state index in [2.05, 4.69) is 25.5 Å². The highest BCUT2D eigenvalue weighted by atomic mass is 16.3. The van der Waals surface area contributed by atoms with Gasteiger partial charge in [0.2, 0.25) is 5.95 Å². The summed E-state index contributed by atoms with van der Waals surface area (Å²) in [5.74, 6) is 1.23. The third kappa shape index (κ3) is 1.55. The first-order valence-corrected chi connectivity index (χ1v) is 6.23. The van der Waals surface area contributed by atoms with Crippen LogP contribution in [0.2, 0.25) is 0 Å². The van der Waals surface area contributed by atoms with E-state index in [0.29, 0.717) is 17.4 Å². The SMILES string of the molecule is CNc1nc(-c2cc3ccccc3o2)c2cn[nH]c2n1. The second-order valence-electron chi connectivity index (χ2n) is 4.43. The lowest BCUT2D eigenvalue weighted by molar-refractivity contribution is 0.629. The maximum Gasteiger partial charge on any atom is 0.225 e. The third-order valence-corrected chi connectivity index (χ3v) is 3.19. The van der Waals surface area contributed by atoms with E-state index >= 15 is 0 Å². The lowest BCUT2D eigenvalue weighted by atomic mass is 10.2. The standard InChI is InChI=1S/C14H11N5O/c1-15-14-17-12(9-7-16-19-13(9)18-14)11-6-8-4-2-3-5-10(8)20-11/h2-7H,1H3,(H2,15,16,17,18,19). The molecule has 0 bridgehead atoms. The molecule has 0 amide bonds. The molecule has 0 aliphatic heterocycles. The zero-order valence-corrected chi connectivity index (χ0v) is 10.7. The molecule has 0 aliphatic carbocycles. The molecular weight excluding hydrogens is 254 g/mol. The van der Waals surface area contributed by atoms with Gasteiger partial charge in [-0.25, -0.2) is 4.98 Å². The number of rotatable bonds is 2. The van der Waals surface area contributed by atoms with E-state index in [1.807, 2.05) is 30.3 Å². The number of aromatic amines is 1. The van der Waals surface area contributed by atoms with Gasteiger partial charge in [-0.2, -0.15) is 10.1 Å². The Bertz CT molecular complexity index is 875. The van der Waals surface area contributed by atoms with Crippen molar-refractivity contribution in [3.63, 3.8) is 0 Å². The first-order valence-electron chi connectivity index (χ1n) is 6.23. The molecule has 2 N–H and O–H groups in total. The molecule has 0 saturated carbocycles. The van der Waals surface area contributed by atoms with Gasteiger partial charge >= 0.3 is 0 Å². The molecular formula is C14H11N5O. The monoisotopic (exact) mass is 265 g/mol. The van der Waals surface area contributed by atoms with Crippen LogP contribution in [-0.4, -0.2) is 27.2 Å². The van der Waals surface area contributed by atoms with E-state index in [9.17, 15) is 0 Å². The smallest absolute Gasteiger partial charge is 0.225 e. The van der Waals surface area contributed by atoms with E-state index in [1.165, 1.54) is 0 Å². The number of nitrogens with zero attached hydrogens (tertiary/aromatic N) is 3. The van der Waals surface area contributed by atoms with Crippen molar-refractivity contribution in [1.29, 1.82) is 0 Å². The van der Waals surface area contributed by atoms with Crippen LogP contribution >= 0.6 is 0 Å². The van der Waals surface area contributed by atoms with Gasteiger partial charge in [0.15, 0.2) is 11.4 Å². The topological polar surface area (TPSA) is 79.6 Å². The molecule has 0 fully saturated rings. The van der Waals surface area contributed by atoms with Crippen LogP contribution in [-0.2, 0) is 0 Å². The highest BCUT2D eigenvalue weighted by Gasteiger charge is 2.14. The quantitative estimate of drug-likeness (QED) is 0.582. The summed E-state index contributed by atoms with van der Waals surface area (Å²) >= 11 is 0. The summed E-state index contributed by atoms with van der Waals surface area (Å²) in [5.41, 5.74) is 2.24. The Morgan fingerprint density at radius 3 is 2.95 bits per heavy atom. The van der Waals surface area contributed by atoms with Crippen molar-refractivity contribution < 1.29 is 4.42 Å². The van der Waals surface area contributed by atoms with Crippen LogP contribution in [0, 0.1) is 0 Å². The van der Waals surface area contributed by atoms with Gasteiger partial charge in [0.1, 0.15) is 11.3 Å². The fraction of sp³-hybridized carbons (Fsp3) is 0.0714. The van der Waals surface area contributed by atoms with E-state index in [0.717, 1.165) is 22.0 Å². The molecule has 0 unspecified atom stereocenters. The molecule has 98 valence electrons. The summed E-state index contributed by atoms with van der Waals surface area (Å²) in [6.45, 7) is 0. The van der Waals surface area contributed by atoms with Crippen LogP contribution in [0.4, 0.5) is 5.95 Å². The minimum absolute atomic E-state index is 0.525. The van der Waals surface area contributed by atoms with E-state index < -0.39 is 0 Å². The first-order chi connectivity index (χ1) is 9.85.